The Bertz CT molecular complexity index is 780. The van der Waals surface area contributed by atoms with E-state index in [0.29, 0.717) is 0 Å². The molecular weight excluding hydrogens is 322 g/mol. The average molecular weight is 343 g/mol. The van der Waals surface area contributed by atoms with Crippen molar-refractivity contribution in [2.75, 3.05) is 13.6 Å². The van der Waals surface area contributed by atoms with Crippen LogP contribution in [-0.4, -0.2) is 29.4 Å². The van der Waals surface area contributed by atoms with E-state index in [1.807, 2.05) is 51.2 Å². The van der Waals surface area contributed by atoms with Crippen molar-refractivity contribution >= 4 is 27.5 Å². The van der Waals surface area contributed by atoms with Gasteiger partial charge < -0.3 is 9.32 Å². The molecule has 126 valence electrons. The summed E-state index contributed by atoms with van der Waals surface area (Å²) in [7, 11) is 1.82. The molecule has 2 atom stereocenters. The van der Waals surface area contributed by atoms with Gasteiger partial charge in [-0.3, -0.25) is 10.1 Å². The highest BCUT2D eigenvalue weighted by Crippen LogP contribution is 2.28. The van der Waals surface area contributed by atoms with Crippen molar-refractivity contribution in [1.29, 1.82) is 0 Å². The molecule has 0 spiro atoms. The molecule has 0 saturated heterocycles. The highest BCUT2D eigenvalue weighted by atomic mass is 32.1. The summed E-state index contributed by atoms with van der Waals surface area (Å²) in [5, 5.41) is 4.15. The molecule has 0 saturated carbocycles. The first-order chi connectivity index (χ1) is 11.6. The van der Waals surface area contributed by atoms with Gasteiger partial charge >= 0.3 is 0 Å². The van der Waals surface area contributed by atoms with Gasteiger partial charge in [-0.2, -0.15) is 0 Å². The first-order valence-corrected chi connectivity index (χ1v) is 8.76. The molecule has 0 radical (unpaired) electrons. The number of hydrogen-bond acceptors (Lipinski definition) is 5. The first-order valence-electron chi connectivity index (χ1n) is 7.94. The Morgan fingerprint density at radius 2 is 2.08 bits per heavy atom. The highest BCUT2D eigenvalue weighted by molar-refractivity contribution is 7.18. The van der Waals surface area contributed by atoms with E-state index in [2.05, 4.69) is 16.4 Å². The van der Waals surface area contributed by atoms with Gasteiger partial charge in [-0.05, 0) is 38.1 Å². The summed E-state index contributed by atoms with van der Waals surface area (Å²) in [4.78, 5) is 18.8. The molecule has 0 aliphatic heterocycles. The van der Waals surface area contributed by atoms with E-state index in [4.69, 9.17) is 4.42 Å². The Morgan fingerprint density at radius 1 is 1.29 bits per heavy atom. The van der Waals surface area contributed by atoms with Crippen LogP contribution >= 0.6 is 11.3 Å². The van der Waals surface area contributed by atoms with Gasteiger partial charge in [-0.25, -0.2) is 4.98 Å². The number of aromatic nitrogens is 1. The molecule has 6 heteroatoms. The van der Waals surface area contributed by atoms with E-state index in [1.165, 1.54) is 0 Å². The molecule has 5 nitrogen and oxygen atoms in total. The van der Waals surface area contributed by atoms with E-state index in [9.17, 15) is 4.79 Å². The van der Waals surface area contributed by atoms with Crippen molar-refractivity contribution in [2.45, 2.75) is 25.9 Å². The van der Waals surface area contributed by atoms with Gasteiger partial charge in [0.05, 0.1) is 35.1 Å². The van der Waals surface area contributed by atoms with Gasteiger partial charge in [0, 0.05) is 7.05 Å². The maximum Gasteiger partial charge on any atom is 0.236 e. The third-order valence-electron chi connectivity index (χ3n) is 4.17. The van der Waals surface area contributed by atoms with Gasteiger partial charge in [0.2, 0.25) is 5.91 Å². The first kappa shape index (κ1) is 16.7. The Morgan fingerprint density at radius 3 is 2.79 bits per heavy atom. The molecule has 0 aliphatic rings. The molecule has 1 aromatic carbocycles. The number of thiazole rings is 1. The van der Waals surface area contributed by atoms with E-state index < -0.39 is 0 Å². The summed E-state index contributed by atoms with van der Waals surface area (Å²) >= 11 is 1.63. The van der Waals surface area contributed by atoms with Crippen LogP contribution in [0.1, 0.15) is 36.7 Å². The Hall–Kier alpha value is -2.18. The van der Waals surface area contributed by atoms with Crippen molar-refractivity contribution < 1.29 is 9.21 Å². The minimum atomic E-state index is -0.0596. The summed E-state index contributed by atoms with van der Waals surface area (Å²) < 4.78 is 6.49. The van der Waals surface area contributed by atoms with Gasteiger partial charge in [0.1, 0.15) is 10.8 Å². The van der Waals surface area contributed by atoms with E-state index in [0.717, 1.165) is 21.0 Å². The number of carbonyl (C=O) groups is 1. The van der Waals surface area contributed by atoms with Crippen molar-refractivity contribution in [1.82, 2.24) is 15.2 Å². The molecule has 2 heterocycles. The Kier molecular flexibility index (Phi) is 4.97. The third-order valence-corrected chi connectivity index (χ3v) is 5.38. The van der Waals surface area contributed by atoms with Crippen LogP contribution in [0.3, 0.4) is 0 Å². The fourth-order valence-corrected chi connectivity index (χ4v) is 3.52. The number of benzene rings is 1. The summed E-state index contributed by atoms with van der Waals surface area (Å²) in [6.45, 7) is 4.24. The van der Waals surface area contributed by atoms with Crippen LogP contribution < -0.4 is 5.32 Å². The number of fused-ring (bicyclic) bond motifs is 1. The second kappa shape index (κ2) is 7.15. The monoisotopic (exact) mass is 343 g/mol. The Labute approximate surface area is 145 Å². The van der Waals surface area contributed by atoms with Crippen LogP contribution in [0.5, 0.6) is 0 Å². The Balaban J connectivity index is 1.62. The predicted molar refractivity (Wildman–Crippen MR) is 95.9 cm³/mol. The smallest absolute Gasteiger partial charge is 0.236 e. The zero-order chi connectivity index (χ0) is 17.1. The summed E-state index contributed by atoms with van der Waals surface area (Å²) in [5.74, 6) is 0.852. The number of nitrogens with one attached hydrogen (secondary N) is 1. The zero-order valence-corrected chi connectivity index (χ0v) is 14.8. The quantitative estimate of drug-likeness (QED) is 0.740. The van der Waals surface area contributed by atoms with Crippen LogP contribution in [0, 0.1) is 0 Å². The van der Waals surface area contributed by atoms with Crippen molar-refractivity contribution in [3.8, 4) is 0 Å². The standard InChI is InChI=1S/C18H21N3O2S/c1-12(15-8-6-10-23-15)19-11-17(22)21(3)13(2)18-20-14-7-4-5-9-16(14)24-18/h4-10,12-13,19H,11H2,1-3H3/t12-,13+/m0/s1. The van der Waals surface area contributed by atoms with Gasteiger partial charge in [-0.1, -0.05) is 12.1 Å². The minimum absolute atomic E-state index is 0.00453. The lowest BCUT2D eigenvalue weighted by Crippen LogP contribution is -2.37. The van der Waals surface area contributed by atoms with Crippen molar-refractivity contribution in [3.63, 3.8) is 0 Å². The lowest BCUT2D eigenvalue weighted by Gasteiger charge is -2.24. The maximum absolute atomic E-state index is 12.5. The molecule has 1 amide bonds. The molecule has 0 fully saturated rings. The molecule has 24 heavy (non-hydrogen) atoms. The number of furan rings is 1. The van der Waals surface area contributed by atoms with Crippen LogP contribution in [0.25, 0.3) is 10.2 Å². The number of rotatable bonds is 6. The second-order valence-electron chi connectivity index (χ2n) is 5.82. The molecular formula is C18H21N3O2S. The zero-order valence-electron chi connectivity index (χ0n) is 14.0. The molecule has 0 bridgehead atoms. The topological polar surface area (TPSA) is 58.4 Å². The molecule has 3 rings (SSSR count). The summed E-state index contributed by atoms with van der Waals surface area (Å²) in [6, 6.07) is 11.7. The third kappa shape index (κ3) is 3.49. The molecule has 2 aromatic heterocycles. The summed E-state index contributed by atoms with van der Waals surface area (Å²) in [5.41, 5.74) is 0.981. The second-order valence-corrected chi connectivity index (χ2v) is 6.88. The highest BCUT2D eigenvalue weighted by Gasteiger charge is 2.21. The lowest BCUT2D eigenvalue weighted by molar-refractivity contribution is -0.131. The predicted octanol–water partition coefficient (Wildman–Crippen LogP) is 3.76. The van der Waals surface area contributed by atoms with Gasteiger partial charge in [-0.15, -0.1) is 11.3 Å². The van der Waals surface area contributed by atoms with Crippen LogP contribution in [0.4, 0.5) is 0 Å². The number of nitrogens with zero attached hydrogens (tertiary/aromatic N) is 2. The van der Waals surface area contributed by atoms with Crippen LogP contribution in [0.15, 0.2) is 47.1 Å². The van der Waals surface area contributed by atoms with Gasteiger partial charge in [0.15, 0.2) is 0 Å². The normalized spacial score (nSPS) is 13.8. The number of carbonyl (C=O) groups excluding carboxylic acids is 1. The number of para-hydroxylation sites is 1. The average Bonchev–Trinajstić information content (AvgIpc) is 3.26. The molecule has 0 aliphatic carbocycles. The lowest BCUT2D eigenvalue weighted by atomic mass is 10.2. The molecule has 0 unspecified atom stereocenters. The fraction of sp³-hybridized carbons (Fsp3) is 0.333. The number of amides is 1. The van der Waals surface area contributed by atoms with Gasteiger partial charge in [0.25, 0.3) is 0 Å². The van der Waals surface area contributed by atoms with E-state index >= 15 is 0 Å². The minimum Gasteiger partial charge on any atom is -0.468 e. The molecule has 1 N–H and O–H groups in total. The van der Waals surface area contributed by atoms with E-state index in [-0.39, 0.29) is 24.5 Å². The van der Waals surface area contributed by atoms with Crippen molar-refractivity contribution in [3.05, 3.63) is 53.4 Å². The number of likely N-dealkylation sites (N-methyl/N-ethyl adjacent to an activating group) is 1. The largest absolute Gasteiger partial charge is 0.468 e. The summed E-state index contributed by atoms with van der Waals surface area (Å²) in [6.07, 6.45) is 1.64. The SMILES string of the molecule is C[C@H](NCC(=O)N(C)[C@H](C)c1nc2ccccc2s1)c1ccco1. The molecule has 3 aromatic rings. The van der Waals surface area contributed by atoms with Crippen LogP contribution in [-0.2, 0) is 4.79 Å². The van der Waals surface area contributed by atoms with Crippen LogP contribution in [0.2, 0.25) is 0 Å². The fourth-order valence-electron chi connectivity index (χ4n) is 2.45. The maximum atomic E-state index is 12.5. The number of hydrogen-bond donors (Lipinski definition) is 1. The van der Waals surface area contributed by atoms with E-state index in [1.54, 1.807) is 22.5 Å². The van der Waals surface area contributed by atoms with Crippen molar-refractivity contribution in [2.24, 2.45) is 0 Å².